The highest BCUT2D eigenvalue weighted by Crippen LogP contribution is 2.25. The van der Waals surface area contributed by atoms with Crippen LogP contribution >= 0.6 is 0 Å². The molecular weight excluding hydrogens is 424 g/mol. The van der Waals surface area contributed by atoms with Crippen molar-refractivity contribution in [2.45, 2.75) is 12.1 Å². The molecule has 0 bridgehead atoms. The molecule has 1 fully saturated rings. The largest absolute Gasteiger partial charge is 0.355 e. The van der Waals surface area contributed by atoms with Gasteiger partial charge in [-0.2, -0.15) is 0 Å². The quantitative estimate of drug-likeness (QED) is 0.573. The third-order valence-electron chi connectivity index (χ3n) is 6.43. The second kappa shape index (κ2) is 11.1. The van der Waals surface area contributed by atoms with Crippen LogP contribution < -0.4 is 10.6 Å². The standard InChI is InChI=1S/C28H32N4O2/c1-29-28(34)24-15-9-14-23(18-24)25-19-32(17-16-31(25)2)20-26(33)30-27(21-10-5-3-6-11-21)22-12-7-4-8-13-22/h3-15,18,25,27H,16-17,19-20H2,1-2H3,(H,29,34)(H,30,33)/t25-/m0/s1. The SMILES string of the molecule is CNC(=O)c1cccc([C@@H]2CN(CC(=O)NC(c3ccccc3)c3ccccc3)CCN2C)c1. The minimum atomic E-state index is -0.192. The molecule has 34 heavy (non-hydrogen) atoms. The number of nitrogens with zero attached hydrogens (tertiary/aromatic N) is 2. The lowest BCUT2D eigenvalue weighted by atomic mass is 9.98. The summed E-state index contributed by atoms with van der Waals surface area (Å²) in [6.45, 7) is 2.72. The number of likely N-dealkylation sites (N-methyl/N-ethyl adjacent to an activating group) is 1. The van der Waals surface area contributed by atoms with Crippen LogP contribution in [0.1, 0.15) is 39.1 Å². The number of carbonyl (C=O) groups excluding carboxylic acids is 2. The maximum Gasteiger partial charge on any atom is 0.251 e. The minimum Gasteiger partial charge on any atom is -0.355 e. The highest BCUT2D eigenvalue weighted by Gasteiger charge is 2.28. The summed E-state index contributed by atoms with van der Waals surface area (Å²) in [6.07, 6.45) is 0. The number of benzene rings is 3. The molecule has 0 aliphatic carbocycles. The maximum absolute atomic E-state index is 13.2. The first kappa shape index (κ1) is 23.7. The first-order valence-electron chi connectivity index (χ1n) is 11.7. The molecule has 1 heterocycles. The van der Waals surface area contributed by atoms with Gasteiger partial charge in [-0.25, -0.2) is 0 Å². The van der Waals surface area contributed by atoms with Gasteiger partial charge < -0.3 is 10.6 Å². The van der Waals surface area contributed by atoms with Crippen molar-refractivity contribution >= 4 is 11.8 Å². The summed E-state index contributed by atoms with van der Waals surface area (Å²) >= 11 is 0. The number of piperazine rings is 1. The molecule has 1 atom stereocenters. The Bertz CT molecular complexity index is 1060. The van der Waals surface area contributed by atoms with Crippen molar-refractivity contribution in [2.24, 2.45) is 0 Å². The van der Waals surface area contributed by atoms with E-state index in [1.165, 1.54) is 0 Å². The van der Waals surface area contributed by atoms with E-state index in [4.69, 9.17) is 0 Å². The van der Waals surface area contributed by atoms with Crippen molar-refractivity contribution in [1.82, 2.24) is 20.4 Å². The average molecular weight is 457 g/mol. The van der Waals surface area contributed by atoms with Crippen molar-refractivity contribution in [3.63, 3.8) is 0 Å². The van der Waals surface area contributed by atoms with Crippen LogP contribution in [0.25, 0.3) is 0 Å². The van der Waals surface area contributed by atoms with E-state index in [9.17, 15) is 9.59 Å². The fraction of sp³-hybridized carbons (Fsp3) is 0.286. The number of hydrogen-bond acceptors (Lipinski definition) is 4. The molecule has 1 aliphatic heterocycles. The fourth-order valence-electron chi connectivity index (χ4n) is 4.53. The molecule has 0 spiro atoms. The monoisotopic (exact) mass is 456 g/mol. The Hall–Kier alpha value is -3.48. The van der Waals surface area contributed by atoms with E-state index in [1.54, 1.807) is 7.05 Å². The number of rotatable bonds is 7. The lowest BCUT2D eigenvalue weighted by molar-refractivity contribution is -0.123. The Morgan fingerprint density at radius 1 is 0.912 bits per heavy atom. The van der Waals surface area contributed by atoms with Gasteiger partial charge in [0, 0.05) is 38.3 Å². The van der Waals surface area contributed by atoms with Crippen molar-refractivity contribution in [1.29, 1.82) is 0 Å². The lowest BCUT2D eigenvalue weighted by Gasteiger charge is -2.39. The molecule has 176 valence electrons. The molecule has 0 unspecified atom stereocenters. The van der Waals surface area contributed by atoms with E-state index in [2.05, 4.69) is 33.5 Å². The Balaban J connectivity index is 1.46. The van der Waals surface area contributed by atoms with Crippen LogP contribution in [0, 0.1) is 0 Å². The van der Waals surface area contributed by atoms with Crippen LogP contribution in [-0.4, -0.2) is 61.9 Å². The van der Waals surface area contributed by atoms with Gasteiger partial charge in [-0.05, 0) is 35.9 Å². The Morgan fingerprint density at radius 3 is 2.18 bits per heavy atom. The van der Waals surface area contributed by atoms with Crippen LogP contribution in [-0.2, 0) is 4.79 Å². The van der Waals surface area contributed by atoms with Crippen LogP contribution in [0.3, 0.4) is 0 Å². The van der Waals surface area contributed by atoms with E-state index in [0.29, 0.717) is 12.1 Å². The second-order valence-corrected chi connectivity index (χ2v) is 8.76. The zero-order valence-electron chi connectivity index (χ0n) is 19.8. The summed E-state index contributed by atoms with van der Waals surface area (Å²) in [5.74, 6) is -0.0930. The summed E-state index contributed by atoms with van der Waals surface area (Å²) in [6, 6.07) is 27.8. The molecule has 1 aliphatic rings. The molecule has 2 amide bonds. The van der Waals surface area contributed by atoms with Crippen LogP contribution in [0.5, 0.6) is 0 Å². The lowest BCUT2D eigenvalue weighted by Crippen LogP contribution is -2.50. The smallest absolute Gasteiger partial charge is 0.251 e. The molecule has 3 aromatic rings. The van der Waals surface area contributed by atoms with E-state index >= 15 is 0 Å². The predicted octanol–water partition coefficient (Wildman–Crippen LogP) is 3.24. The van der Waals surface area contributed by atoms with Gasteiger partial charge in [0.15, 0.2) is 0 Å². The second-order valence-electron chi connectivity index (χ2n) is 8.76. The van der Waals surface area contributed by atoms with Crippen molar-refractivity contribution in [3.05, 3.63) is 107 Å². The molecule has 0 radical (unpaired) electrons. The highest BCUT2D eigenvalue weighted by molar-refractivity contribution is 5.94. The third-order valence-corrected chi connectivity index (χ3v) is 6.43. The summed E-state index contributed by atoms with van der Waals surface area (Å²) in [5.41, 5.74) is 3.85. The van der Waals surface area contributed by atoms with Crippen molar-refractivity contribution in [2.75, 3.05) is 40.3 Å². The third kappa shape index (κ3) is 5.71. The van der Waals surface area contributed by atoms with Gasteiger partial charge in [0.2, 0.25) is 5.91 Å². The Labute approximate surface area is 201 Å². The van der Waals surface area contributed by atoms with E-state index in [0.717, 1.165) is 36.3 Å². The van der Waals surface area contributed by atoms with Gasteiger partial charge in [-0.1, -0.05) is 72.8 Å². The molecule has 2 N–H and O–H groups in total. The topological polar surface area (TPSA) is 64.7 Å². The molecule has 0 aromatic heterocycles. The van der Waals surface area contributed by atoms with Crippen LogP contribution in [0.2, 0.25) is 0 Å². The van der Waals surface area contributed by atoms with Gasteiger partial charge in [0.05, 0.1) is 12.6 Å². The summed E-state index contributed by atoms with van der Waals surface area (Å²) in [5, 5.41) is 5.93. The minimum absolute atomic E-state index is 0.000112. The number of hydrogen-bond donors (Lipinski definition) is 2. The van der Waals surface area contributed by atoms with Crippen LogP contribution in [0.15, 0.2) is 84.9 Å². The van der Waals surface area contributed by atoms with Gasteiger partial charge >= 0.3 is 0 Å². The normalized spacial score (nSPS) is 16.9. The number of nitrogens with one attached hydrogen (secondary N) is 2. The average Bonchev–Trinajstić information content (AvgIpc) is 2.89. The van der Waals surface area contributed by atoms with Crippen LogP contribution in [0.4, 0.5) is 0 Å². The van der Waals surface area contributed by atoms with Gasteiger partial charge in [-0.3, -0.25) is 19.4 Å². The Kier molecular flexibility index (Phi) is 7.72. The molecule has 3 aromatic carbocycles. The Morgan fingerprint density at radius 2 is 1.56 bits per heavy atom. The summed E-state index contributed by atoms with van der Waals surface area (Å²) in [7, 11) is 3.73. The zero-order valence-corrected chi connectivity index (χ0v) is 19.8. The van der Waals surface area contributed by atoms with E-state index in [1.807, 2.05) is 78.9 Å². The number of carbonyl (C=O) groups is 2. The molecule has 6 heteroatoms. The fourth-order valence-corrected chi connectivity index (χ4v) is 4.53. The molecule has 1 saturated heterocycles. The van der Waals surface area contributed by atoms with E-state index < -0.39 is 0 Å². The first-order chi connectivity index (χ1) is 16.5. The number of amides is 2. The first-order valence-corrected chi connectivity index (χ1v) is 11.7. The predicted molar refractivity (Wildman–Crippen MR) is 135 cm³/mol. The zero-order chi connectivity index (χ0) is 23.9. The highest BCUT2D eigenvalue weighted by atomic mass is 16.2. The molecule has 6 nitrogen and oxygen atoms in total. The molecule has 4 rings (SSSR count). The van der Waals surface area contributed by atoms with Gasteiger partial charge in [0.1, 0.15) is 0 Å². The van der Waals surface area contributed by atoms with Gasteiger partial charge in [0.25, 0.3) is 5.91 Å². The molecular formula is C28H32N4O2. The van der Waals surface area contributed by atoms with Gasteiger partial charge in [-0.15, -0.1) is 0 Å². The van der Waals surface area contributed by atoms with E-state index in [-0.39, 0.29) is 23.9 Å². The van der Waals surface area contributed by atoms with Crippen molar-refractivity contribution < 1.29 is 9.59 Å². The summed E-state index contributed by atoms with van der Waals surface area (Å²) < 4.78 is 0. The summed E-state index contributed by atoms with van der Waals surface area (Å²) in [4.78, 5) is 29.7. The van der Waals surface area contributed by atoms with Crippen molar-refractivity contribution in [3.8, 4) is 0 Å². The molecule has 0 saturated carbocycles. The maximum atomic E-state index is 13.2.